The number of carbonyl (C=O) groups excluding carboxylic acids is 2. The fourth-order valence-electron chi connectivity index (χ4n) is 2.30. The summed E-state index contributed by atoms with van der Waals surface area (Å²) in [6.45, 7) is 3.14. The first-order chi connectivity index (χ1) is 10.2. The quantitative estimate of drug-likeness (QED) is 0.141. The zero-order valence-corrected chi connectivity index (χ0v) is 13.0. The molecular formula is C12H16N4O5S. The highest BCUT2D eigenvalue weighted by atomic mass is 32.1. The topological polar surface area (TPSA) is 141 Å². The van der Waals surface area contributed by atoms with E-state index in [1.54, 1.807) is 6.92 Å². The molecule has 1 amide bonds. The van der Waals surface area contributed by atoms with Crippen LogP contribution in [-0.2, 0) is 19.1 Å². The molecule has 1 aliphatic heterocycles. The van der Waals surface area contributed by atoms with Crippen LogP contribution < -0.4 is 10.6 Å². The molecule has 10 heteroatoms. The van der Waals surface area contributed by atoms with Gasteiger partial charge in [-0.3, -0.25) is 9.59 Å². The van der Waals surface area contributed by atoms with E-state index in [-0.39, 0.29) is 11.1 Å². The Morgan fingerprint density at radius 2 is 2.09 bits per heavy atom. The van der Waals surface area contributed by atoms with Crippen LogP contribution in [0.5, 0.6) is 0 Å². The number of ether oxygens (including phenoxy) is 1. The molecule has 1 rings (SSSR count). The predicted octanol–water partition coefficient (Wildman–Crippen LogP) is -1.03. The largest absolute Gasteiger partial charge is 0.474 e. The molecule has 0 aliphatic carbocycles. The molecule has 9 nitrogen and oxygen atoms in total. The van der Waals surface area contributed by atoms with Crippen LogP contribution in [0.3, 0.4) is 0 Å². The Balaban J connectivity index is 2.86. The molecule has 0 unspecified atom stereocenters. The summed E-state index contributed by atoms with van der Waals surface area (Å²) in [4.78, 5) is 37.0. The third-order valence-electron chi connectivity index (χ3n) is 3.56. The van der Waals surface area contributed by atoms with Crippen LogP contribution in [0.1, 0.15) is 13.8 Å². The second kappa shape index (κ2) is 7.10. The van der Waals surface area contributed by atoms with E-state index < -0.39 is 41.4 Å². The minimum Gasteiger partial charge on any atom is -0.474 e. The predicted molar refractivity (Wildman–Crippen MR) is 78.1 cm³/mol. The Morgan fingerprint density at radius 1 is 1.50 bits per heavy atom. The summed E-state index contributed by atoms with van der Waals surface area (Å²) >= 11 is 4.85. The summed E-state index contributed by atoms with van der Waals surface area (Å²) in [5, 5.41) is 14.2. The SMILES string of the molecule is COC(=S)N[C@H](C)[C@H]1C(=O)N[C@@H]1[C@@H](C)C(=O)C(=[N+]=[N-])C(=O)O. The summed E-state index contributed by atoms with van der Waals surface area (Å²) in [5.74, 6) is -4.26. The Labute approximate surface area is 131 Å². The van der Waals surface area contributed by atoms with E-state index in [2.05, 4.69) is 15.4 Å². The van der Waals surface area contributed by atoms with Crippen LogP contribution >= 0.6 is 12.2 Å². The van der Waals surface area contributed by atoms with Crippen LogP contribution in [-0.4, -0.2) is 57.6 Å². The van der Waals surface area contributed by atoms with Crippen molar-refractivity contribution < 1.29 is 29.0 Å². The summed E-state index contributed by atoms with van der Waals surface area (Å²) in [7, 11) is 1.38. The van der Waals surface area contributed by atoms with Crippen LogP contribution in [0.4, 0.5) is 0 Å². The van der Waals surface area contributed by atoms with Gasteiger partial charge >= 0.3 is 11.7 Å². The number of hydrogen-bond acceptors (Lipinski definition) is 5. The zero-order chi connectivity index (χ0) is 17.0. The van der Waals surface area contributed by atoms with Crippen molar-refractivity contribution in [3.8, 4) is 0 Å². The van der Waals surface area contributed by atoms with E-state index in [1.165, 1.54) is 14.0 Å². The molecule has 1 fully saturated rings. The van der Waals surface area contributed by atoms with Crippen LogP contribution in [0.2, 0.25) is 0 Å². The van der Waals surface area contributed by atoms with Gasteiger partial charge < -0.3 is 26.0 Å². The van der Waals surface area contributed by atoms with Gasteiger partial charge in [0.2, 0.25) is 5.91 Å². The van der Waals surface area contributed by atoms with E-state index in [4.69, 9.17) is 27.6 Å². The van der Waals surface area contributed by atoms with Gasteiger partial charge in [0.25, 0.3) is 11.0 Å². The highest BCUT2D eigenvalue weighted by Crippen LogP contribution is 2.26. The van der Waals surface area contributed by atoms with E-state index >= 15 is 0 Å². The molecule has 0 aromatic rings. The fraction of sp³-hybridized carbons (Fsp3) is 0.583. The number of ketones is 1. The number of β-lactam (4-membered cyclic amide) rings is 1. The Morgan fingerprint density at radius 3 is 2.50 bits per heavy atom. The van der Waals surface area contributed by atoms with Crippen LogP contribution in [0.25, 0.3) is 5.53 Å². The van der Waals surface area contributed by atoms with Crippen molar-refractivity contribution in [3.05, 3.63) is 5.53 Å². The number of methoxy groups -OCH3 is 1. The molecule has 120 valence electrons. The number of thiocarbonyl (C=S) groups is 1. The summed E-state index contributed by atoms with van der Waals surface area (Å²) < 4.78 is 4.80. The number of Topliss-reactive ketones (excluding diaryl/α,β-unsaturated/α-hetero) is 1. The average Bonchev–Trinajstić information content (AvgIpc) is 2.43. The normalized spacial score (nSPS) is 22.2. The maximum atomic E-state index is 12.0. The number of carboxylic acids is 1. The maximum absolute atomic E-state index is 12.0. The molecule has 1 saturated heterocycles. The second-order valence-corrected chi connectivity index (χ2v) is 5.26. The van der Waals surface area contributed by atoms with Gasteiger partial charge in [-0.15, -0.1) is 0 Å². The van der Waals surface area contributed by atoms with Gasteiger partial charge in [-0.05, 0) is 19.1 Å². The first kappa shape index (κ1) is 17.7. The molecule has 0 aromatic carbocycles. The number of nitrogens with one attached hydrogen (secondary N) is 2. The van der Waals surface area contributed by atoms with E-state index in [9.17, 15) is 14.4 Å². The number of amides is 1. The molecular weight excluding hydrogens is 312 g/mol. The van der Waals surface area contributed by atoms with Gasteiger partial charge in [-0.2, -0.15) is 4.79 Å². The summed E-state index contributed by atoms with van der Waals surface area (Å²) in [6.07, 6.45) is 0. The van der Waals surface area contributed by atoms with Crippen molar-refractivity contribution in [2.24, 2.45) is 11.8 Å². The van der Waals surface area contributed by atoms with Crippen molar-refractivity contribution >= 4 is 40.8 Å². The lowest BCUT2D eigenvalue weighted by Crippen LogP contribution is -2.68. The van der Waals surface area contributed by atoms with Crippen LogP contribution in [0.15, 0.2) is 0 Å². The smallest absolute Gasteiger partial charge is 0.441 e. The first-order valence-electron chi connectivity index (χ1n) is 6.39. The lowest BCUT2D eigenvalue weighted by molar-refractivity contribution is -0.141. The molecule has 0 aromatic heterocycles. The molecule has 1 aliphatic rings. The minimum absolute atomic E-state index is 0.105. The molecule has 22 heavy (non-hydrogen) atoms. The number of aliphatic carboxylic acids is 1. The average molecular weight is 328 g/mol. The van der Waals surface area contributed by atoms with E-state index in [0.29, 0.717) is 0 Å². The van der Waals surface area contributed by atoms with Gasteiger partial charge in [0.1, 0.15) is 0 Å². The summed E-state index contributed by atoms with van der Waals surface area (Å²) in [5.41, 5.74) is 7.65. The molecule has 4 atom stereocenters. The number of nitrogens with zero attached hydrogens (tertiary/aromatic N) is 2. The highest BCUT2D eigenvalue weighted by Gasteiger charge is 2.50. The van der Waals surface area contributed by atoms with E-state index in [1.807, 2.05) is 0 Å². The third-order valence-corrected chi connectivity index (χ3v) is 3.84. The third kappa shape index (κ3) is 3.46. The molecule has 3 N–H and O–H groups in total. The number of carbonyl (C=O) groups is 3. The highest BCUT2D eigenvalue weighted by molar-refractivity contribution is 7.80. The lowest BCUT2D eigenvalue weighted by Gasteiger charge is -2.42. The Bertz CT molecular complexity index is 572. The van der Waals surface area contributed by atoms with Crippen LogP contribution in [0, 0.1) is 11.8 Å². The fourth-order valence-corrected chi connectivity index (χ4v) is 2.49. The van der Waals surface area contributed by atoms with Crippen molar-refractivity contribution in [3.63, 3.8) is 0 Å². The molecule has 0 bridgehead atoms. The number of hydrogen-bond donors (Lipinski definition) is 3. The zero-order valence-electron chi connectivity index (χ0n) is 12.2. The van der Waals surface area contributed by atoms with Crippen molar-refractivity contribution in [2.45, 2.75) is 25.9 Å². The number of carboxylic acid groups (broad SMARTS) is 1. The second-order valence-electron chi connectivity index (χ2n) is 4.89. The maximum Gasteiger partial charge on any atom is 0.441 e. The van der Waals surface area contributed by atoms with E-state index in [0.717, 1.165) is 0 Å². The molecule has 1 heterocycles. The van der Waals surface area contributed by atoms with Gasteiger partial charge in [0.15, 0.2) is 0 Å². The monoisotopic (exact) mass is 328 g/mol. The Kier molecular flexibility index (Phi) is 5.72. The van der Waals surface area contributed by atoms with Crippen molar-refractivity contribution in [1.29, 1.82) is 0 Å². The molecule has 0 saturated carbocycles. The number of rotatable bonds is 6. The van der Waals surface area contributed by atoms with Gasteiger partial charge in [0.05, 0.1) is 19.1 Å². The van der Waals surface area contributed by atoms with Gasteiger partial charge in [-0.25, -0.2) is 4.79 Å². The first-order valence-corrected chi connectivity index (χ1v) is 6.79. The van der Waals surface area contributed by atoms with Crippen molar-refractivity contribution in [2.75, 3.05) is 7.11 Å². The molecule has 0 radical (unpaired) electrons. The lowest BCUT2D eigenvalue weighted by atomic mass is 9.75. The standard InChI is InChI=1S/C12H16N4O5S/c1-4(9(17)8(16-13)11(19)20)7-6(10(18)15-7)5(2)14-12(22)21-3/h4-7H,1-3H3,(H,14,22)(H,15,18)(H,19,20)/t4-,5-,6-,7-/m1/s1. The van der Waals surface area contributed by atoms with Gasteiger partial charge in [0, 0.05) is 12.0 Å². The van der Waals surface area contributed by atoms with Gasteiger partial charge in [-0.1, -0.05) is 6.92 Å². The summed E-state index contributed by atoms with van der Waals surface area (Å²) in [6, 6.07) is -1.01. The minimum atomic E-state index is -1.63. The Hall–Kier alpha value is -2.32. The molecule has 0 spiro atoms. The van der Waals surface area contributed by atoms with Crippen molar-refractivity contribution in [1.82, 2.24) is 10.6 Å².